The van der Waals surface area contributed by atoms with E-state index < -0.39 is 58.1 Å². The number of carbonyl (C=O) groups is 2. The van der Waals surface area contributed by atoms with Crippen molar-refractivity contribution in [2.24, 2.45) is 5.92 Å². The molecule has 1 aromatic carbocycles. The molecule has 2 amide bonds. The summed E-state index contributed by atoms with van der Waals surface area (Å²) >= 11 is 0. The summed E-state index contributed by atoms with van der Waals surface area (Å²) in [6.45, 7) is -0.282. The van der Waals surface area contributed by atoms with Crippen LogP contribution >= 0.6 is 0 Å². The van der Waals surface area contributed by atoms with Gasteiger partial charge in [0.2, 0.25) is 5.43 Å². The Hall–Kier alpha value is -3.30. The fourth-order valence-electron chi connectivity index (χ4n) is 5.15. The lowest BCUT2D eigenvalue weighted by Gasteiger charge is -2.40. The monoisotopic (exact) mass is 433 g/mol. The molecule has 2 aromatic rings. The Kier molecular flexibility index (Phi) is 4.35. The van der Waals surface area contributed by atoms with E-state index in [0.29, 0.717) is 24.6 Å². The zero-order valence-electron chi connectivity index (χ0n) is 16.2. The average molecular weight is 433 g/mol. The van der Waals surface area contributed by atoms with Crippen LogP contribution < -0.4 is 10.7 Å². The van der Waals surface area contributed by atoms with Crippen LogP contribution in [0.25, 0.3) is 0 Å². The van der Waals surface area contributed by atoms with Crippen LogP contribution in [0, 0.1) is 23.4 Å². The molecule has 5 rings (SSSR count). The summed E-state index contributed by atoms with van der Waals surface area (Å²) in [6, 6.07) is 1.02. The van der Waals surface area contributed by atoms with Gasteiger partial charge in [-0.1, -0.05) is 0 Å². The molecule has 0 radical (unpaired) electrons. The quantitative estimate of drug-likeness (QED) is 0.774. The van der Waals surface area contributed by atoms with E-state index in [1.54, 1.807) is 4.90 Å². The van der Waals surface area contributed by atoms with Crippen LogP contribution in [0.5, 0.6) is 5.75 Å². The molecule has 3 heterocycles. The SMILES string of the molecule is O=C(NCc1c(F)cc(F)cc1F)c1cn2c(c(O)c1=O)C(=O)N1[C@H]3CC[C@H](C3)[C@H]1C2. The Morgan fingerprint density at radius 1 is 1.16 bits per heavy atom. The van der Waals surface area contributed by atoms with E-state index >= 15 is 0 Å². The van der Waals surface area contributed by atoms with Gasteiger partial charge in [0.25, 0.3) is 11.8 Å². The maximum Gasteiger partial charge on any atom is 0.275 e. The third-order valence-electron chi connectivity index (χ3n) is 6.59. The Labute approximate surface area is 174 Å². The van der Waals surface area contributed by atoms with Gasteiger partial charge in [0.1, 0.15) is 23.0 Å². The number of halogens is 3. The Bertz CT molecular complexity index is 1170. The molecule has 7 nitrogen and oxygen atoms in total. The van der Waals surface area contributed by atoms with Crippen LogP contribution in [0.1, 0.15) is 45.7 Å². The van der Waals surface area contributed by atoms with Gasteiger partial charge >= 0.3 is 0 Å². The number of benzene rings is 1. The highest BCUT2D eigenvalue weighted by molar-refractivity contribution is 5.99. The van der Waals surface area contributed by atoms with Gasteiger partial charge in [-0.3, -0.25) is 14.4 Å². The number of aromatic nitrogens is 1. The van der Waals surface area contributed by atoms with Crippen LogP contribution in [0.3, 0.4) is 0 Å². The highest BCUT2D eigenvalue weighted by Crippen LogP contribution is 2.45. The summed E-state index contributed by atoms with van der Waals surface area (Å²) in [7, 11) is 0. The topological polar surface area (TPSA) is 91.6 Å². The lowest BCUT2D eigenvalue weighted by atomic mass is 9.95. The third kappa shape index (κ3) is 2.92. The second kappa shape index (κ2) is 6.86. The maximum absolute atomic E-state index is 13.8. The zero-order chi connectivity index (χ0) is 22.0. The van der Waals surface area contributed by atoms with E-state index in [1.807, 2.05) is 0 Å². The first-order valence-corrected chi connectivity index (χ1v) is 9.97. The molecule has 2 aliphatic heterocycles. The van der Waals surface area contributed by atoms with Crippen molar-refractivity contribution in [1.82, 2.24) is 14.8 Å². The van der Waals surface area contributed by atoms with Crippen LogP contribution in [-0.4, -0.2) is 38.5 Å². The predicted molar refractivity (Wildman–Crippen MR) is 101 cm³/mol. The standard InChI is InChI=1S/C21H18F3N3O4/c22-10-4-14(23)12(15(24)5-10)6-25-20(30)13-7-26-8-16-9-1-2-11(3-9)27(16)21(31)17(26)19(29)18(13)28/h4-5,7,9,11,16,29H,1-3,6,8H2,(H,25,30)/t9-,11+,16-/m1/s1. The number of pyridine rings is 1. The van der Waals surface area contributed by atoms with Crippen LogP contribution in [0.15, 0.2) is 23.1 Å². The van der Waals surface area contributed by atoms with Crippen molar-refractivity contribution in [2.75, 3.05) is 0 Å². The smallest absolute Gasteiger partial charge is 0.275 e. The third-order valence-corrected chi connectivity index (χ3v) is 6.59. The molecule has 2 bridgehead atoms. The Morgan fingerprint density at radius 2 is 1.87 bits per heavy atom. The number of hydrogen-bond acceptors (Lipinski definition) is 4. The number of nitrogens with zero attached hydrogens (tertiary/aromatic N) is 2. The molecule has 162 valence electrons. The molecular formula is C21H18F3N3O4. The van der Waals surface area contributed by atoms with Gasteiger partial charge in [-0.05, 0) is 25.2 Å². The van der Waals surface area contributed by atoms with Gasteiger partial charge in [-0.2, -0.15) is 0 Å². The number of nitrogens with one attached hydrogen (secondary N) is 1. The van der Waals surface area contributed by atoms with E-state index in [1.165, 1.54) is 10.8 Å². The molecule has 3 atom stereocenters. The minimum Gasteiger partial charge on any atom is -0.503 e. The first-order valence-electron chi connectivity index (χ1n) is 9.97. The largest absolute Gasteiger partial charge is 0.503 e. The molecule has 31 heavy (non-hydrogen) atoms. The van der Waals surface area contributed by atoms with Crippen molar-refractivity contribution in [3.8, 4) is 5.75 Å². The predicted octanol–water partition coefficient (Wildman–Crippen LogP) is 1.91. The molecule has 1 saturated heterocycles. The number of amides is 2. The first-order chi connectivity index (χ1) is 14.8. The molecule has 0 unspecified atom stereocenters. The summed E-state index contributed by atoms with van der Waals surface area (Å²) in [5.74, 6) is -5.33. The minimum atomic E-state index is -1.18. The summed E-state index contributed by atoms with van der Waals surface area (Å²) in [4.78, 5) is 39.8. The molecule has 1 saturated carbocycles. The van der Waals surface area contributed by atoms with Crippen molar-refractivity contribution < 1.29 is 27.9 Å². The molecule has 10 heteroatoms. The number of carbonyl (C=O) groups excluding carboxylic acids is 2. The van der Waals surface area contributed by atoms with Crippen LogP contribution in [0.2, 0.25) is 0 Å². The fraction of sp³-hybridized carbons (Fsp3) is 0.381. The van der Waals surface area contributed by atoms with Crippen molar-refractivity contribution in [3.63, 3.8) is 0 Å². The van der Waals surface area contributed by atoms with Crippen molar-refractivity contribution in [1.29, 1.82) is 0 Å². The minimum absolute atomic E-state index is 0.0565. The average Bonchev–Trinajstić information content (AvgIpc) is 3.31. The Balaban J connectivity index is 1.44. The first kappa shape index (κ1) is 19.7. The summed E-state index contributed by atoms with van der Waals surface area (Å²) in [6.07, 6.45) is 3.99. The lowest BCUT2D eigenvalue weighted by molar-refractivity contribution is 0.0482. The van der Waals surface area contributed by atoms with E-state index in [2.05, 4.69) is 5.32 Å². The molecular weight excluding hydrogens is 415 g/mol. The van der Waals surface area contributed by atoms with Crippen molar-refractivity contribution in [2.45, 2.75) is 44.4 Å². The summed E-state index contributed by atoms with van der Waals surface area (Å²) < 4.78 is 42.0. The van der Waals surface area contributed by atoms with Gasteiger partial charge in [-0.25, -0.2) is 13.2 Å². The second-order valence-corrected chi connectivity index (χ2v) is 8.26. The van der Waals surface area contributed by atoms with Crippen LogP contribution in [0.4, 0.5) is 13.2 Å². The van der Waals surface area contributed by atoms with Gasteiger partial charge in [0, 0.05) is 43.0 Å². The molecule has 3 aliphatic rings. The Morgan fingerprint density at radius 3 is 2.58 bits per heavy atom. The van der Waals surface area contributed by atoms with E-state index in [4.69, 9.17) is 0 Å². The number of rotatable bonds is 3. The second-order valence-electron chi connectivity index (χ2n) is 8.26. The number of fused-ring (bicyclic) bond motifs is 6. The van der Waals surface area contributed by atoms with Gasteiger partial charge in [0.15, 0.2) is 11.4 Å². The fourth-order valence-corrected chi connectivity index (χ4v) is 5.15. The van der Waals surface area contributed by atoms with Gasteiger partial charge in [0.05, 0.1) is 6.04 Å². The molecule has 1 aromatic heterocycles. The van der Waals surface area contributed by atoms with E-state index in [0.717, 1.165) is 19.3 Å². The highest BCUT2D eigenvalue weighted by atomic mass is 19.1. The van der Waals surface area contributed by atoms with Crippen molar-refractivity contribution in [3.05, 3.63) is 62.8 Å². The van der Waals surface area contributed by atoms with E-state index in [9.17, 15) is 32.7 Å². The lowest BCUT2D eigenvalue weighted by Crippen LogP contribution is -2.52. The highest BCUT2D eigenvalue weighted by Gasteiger charge is 2.51. The van der Waals surface area contributed by atoms with Crippen LogP contribution in [-0.2, 0) is 13.1 Å². The number of piperidine rings is 1. The van der Waals surface area contributed by atoms with E-state index in [-0.39, 0.29) is 17.8 Å². The maximum atomic E-state index is 13.8. The number of hydrogen-bond donors (Lipinski definition) is 2. The molecule has 1 aliphatic carbocycles. The zero-order valence-corrected chi connectivity index (χ0v) is 16.2. The van der Waals surface area contributed by atoms with Gasteiger partial charge in [-0.15, -0.1) is 0 Å². The van der Waals surface area contributed by atoms with Gasteiger partial charge < -0.3 is 19.9 Å². The molecule has 0 spiro atoms. The summed E-state index contributed by atoms with van der Waals surface area (Å²) in [5, 5.41) is 12.6. The number of aromatic hydroxyl groups is 1. The normalized spacial score (nSPS) is 23.6. The molecule has 2 N–H and O–H groups in total. The van der Waals surface area contributed by atoms with Crippen molar-refractivity contribution >= 4 is 11.8 Å². The summed E-state index contributed by atoms with van der Waals surface area (Å²) in [5.41, 5.74) is -2.21. The molecule has 2 fully saturated rings.